The second kappa shape index (κ2) is 10.8. The maximum Gasteiger partial charge on any atom is 0.416 e. The Morgan fingerprint density at radius 3 is 2.59 bits per heavy atom. The van der Waals surface area contributed by atoms with Gasteiger partial charge >= 0.3 is 6.18 Å². The van der Waals surface area contributed by atoms with Crippen molar-refractivity contribution in [1.82, 2.24) is 15.0 Å². The first-order valence-corrected chi connectivity index (χ1v) is 16.1. The molecule has 2 aromatic carbocycles. The summed E-state index contributed by atoms with van der Waals surface area (Å²) in [6.07, 6.45) is 1.82. The van der Waals surface area contributed by atoms with Gasteiger partial charge in [-0.25, -0.2) is 0 Å². The van der Waals surface area contributed by atoms with Gasteiger partial charge in [-0.15, -0.1) is 0 Å². The summed E-state index contributed by atoms with van der Waals surface area (Å²) in [5.74, 6) is -0.0244. The van der Waals surface area contributed by atoms with Crippen molar-refractivity contribution in [1.29, 1.82) is 0 Å². The fraction of sp³-hybridized carbons (Fsp3) is 0.472. The van der Waals surface area contributed by atoms with Crippen LogP contribution in [0.4, 0.5) is 18.9 Å². The Morgan fingerprint density at radius 1 is 1.15 bits per heavy atom. The molecule has 46 heavy (non-hydrogen) atoms. The first-order valence-electron chi connectivity index (χ1n) is 16.1. The van der Waals surface area contributed by atoms with E-state index in [-0.39, 0.29) is 40.5 Å². The molecule has 4 aliphatic rings. The minimum Gasteiger partial charge on any atom is -0.364 e. The zero-order chi connectivity index (χ0) is 32.6. The van der Waals surface area contributed by atoms with E-state index in [9.17, 15) is 22.8 Å². The molecule has 3 aliphatic heterocycles. The fourth-order valence-corrected chi connectivity index (χ4v) is 8.65. The first kappa shape index (κ1) is 30.7. The van der Waals surface area contributed by atoms with Crippen molar-refractivity contribution in [3.8, 4) is 0 Å². The molecule has 7 nitrogen and oxygen atoms in total. The molecule has 1 aliphatic carbocycles. The number of benzene rings is 2. The minimum atomic E-state index is -4.61. The van der Waals surface area contributed by atoms with Crippen LogP contribution < -0.4 is 4.90 Å². The number of hydrogen-bond donors (Lipinski definition) is 0. The highest BCUT2D eigenvalue weighted by Crippen LogP contribution is 2.53. The number of aromatic nitrogens is 1. The number of alkyl halides is 3. The number of likely N-dealkylation sites (tertiary alicyclic amines) is 2. The van der Waals surface area contributed by atoms with Crippen molar-refractivity contribution in [2.45, 2.75) is 70.6 Å². The molecular weight excluding hydrogens is 593 g/mol. The summed E-state index contributed by atoms with van der Waals surface area (Å²) in [6.45, 7) is 12.2. The van der Waals surface area contributed by atoms with E-state index in [0.717, 1.165) is 42.5 Å². The van der Waals surface area contributed by atoms with Crippen LogP contribution in [0.3, 0.4) is 0 Å². The maximum absolute atomic E-state index is 14.6. The summed E-state index contributed by atoms with van der Waals surface area (Å²) in [4.78, 5) is 31.6. The van der Waals surface area contributed by atoms with Crippen LogP contribution in [0.1, 0.15) is 89.4 Å². The minimum absolute atomic E-state index is 0.0189. The third kappa shape index (κ3) is 4.87. The largest absolute Gasteiger partial charge is 0.416 e. The third-order valence-electron chi connectivity index (χ3n) is 11.1. The maximum atomic E-state index is 14.6. The third-order valence-corrected chi connectivity index (χ3v) is 11.1. The van der Waals surface area contributed by atoms with Crippen molar-refractivity contribution in [3.63, 3.8) is 0 Å². The van der Waals surface area contributed by atoms with Gasteiger partial charge in [0.1, 0.15) is 6.26 Å². The summed E-state index contributed by atoms with van der Waals surface area (Å²) in [5.41, 5.74) is 2.81. The molecule has 3 aromatic rings. The van der Waals surface area contributed by atoms with Crippen molar-refractivity contribution >= 4 is 17.5 Å². The second-order valence-electron chi connectivity index (χ2n) is 14.1. The molecule has 242 valence electrons. The summed E-state index contributed by atoms with van der Waals surface area (Å²) < 4.78 is 49.1. The van der Waals surface area contributed by atoms with Crippen LogP contribution in [-0.4, -0.2) is 52.9 Å². The van der Waals surface area contributed by atoms with Crippen LogP contribution in [0.2, 0.25) is 0 Å². The number of fused-ring (bicyclic) bond motifs is 1. The van der Waals surface area contributed by atoms with Crippen molar-refractivity contribution in [2.24, 2.45) is 11.3 Å². The molecule has 2 atom stereocenters. The number of halogens is 3. The standard InChI is InChI=1S/C36H39F3N4O3/c1-5-31(44)42-12-10-34(21-42)9-11-41(20-34)24(4)25-13-28-29(30(14-25)36(37,38)39)18-43(33(28)45)27-8-6-7-26(15-27)35(16-22(2)17-35)32-23(3)19-46-40-32/h5-8,13-15,19,22,24H,1,9-12,16-18,20-21H2,2-4H3/t22?,24?,34-,35?/m0/s1. The van der Waals surface area contributed by atoms with Gasteiger partial charge in [-0.1, -0.05) is 30.8 Å². The highest BCUT2D eigenvalue weighted by molar-refractivity contribution is 6.10. The molecule has 3 fully saturated rings. The van der Waals surface area contributed by atoms with E-state index in [1.54, 1.807) is 23.3 Å². The molecule has 4 heterocycles. The van der Waals surface area contributed by atoms with Crippen molar-refractivity contribution < 1.29 is 27.3 Å². The number of rotatable bonds is 6. The van der Waals surface area contributed by atoms with E-state index in [0.29, 0.717) is 43.3 Å². The van der Waals surface area contributed by atoms with Gasteiger partial charge in [0, 0.05) is 53.3 Å². The molecule has 0 radical (unpaired) electrons. The van der Waals surface area contributed by atoms with Crippen LogP contribution >= 0.6 is 0 Å². The Morgan fingerprint density at radius 2 is 1.91 bits per heavy atom. The Bertz CT molecular complexity index is 1730. The van der Waals surface area contributed by atoms with E-state index in [1.165, 1.54) is 17.0 Å². The molecule has 0 bridgehead atoms. The molecule has 0 N–H and O–H groups in total. The number of nitrogens with zero attached hydrogens (tertiary/aromatic N) is 4. The van der Waals surface area contributed by atoms with Gasteiger partial charge in [0.15, 0.2) is 0 Å². The van der Waals surface area contributed by atoms with Gasteiger partial charge in [0.25, 0.3) is 5.91 Å². The van der Waals surface area contributed by atoms with Gasteiger partial charge in [-0.3, -0.25) is 14.5 Å². The highest BCUT2D eigenvalue weighted by atomic mass is 19.4. The number of hydrogen-bond acceptors (Lipinski definition) is 5. The van der Waals surface area contributed by atoms with Gasteiger partial charge in [-0.2, -0.15) is 13.2 Å². The number of carbonyl (C=O) groups excluding carboxylic acids is 2. The molecule has 1 aromatic heterocycles. The summed E-state index contributed by atoms with van der Waals surface area (Å²) in [5, 5.41) is 4.33. The average Bonchev–Trinajstić information content (AvgIpc) is 3.81. The van der Waals surface area contributed by atoms with E-state index < -0.39 is 17.6 Å². The fourth-order valence-electron chi connectivity index (χ4n) is 8.65. The van der Waals surface area contributed by atoms with Crippen molar-refractivity contribution in [3.05, 3.63) is 94.4 Å². The molecule has 1 unspecified atom stereocenters. The zero-order valence-electron chi connectivity index (χ0n) is 26.5. The monoisotopic (exact) mass is 632 g/mol. The SMILES string of the molecule is C=CC(=O)N1CC[C@]2(CCN(C(C)c3cc4c(c(C(F)(F)F)c3)CN(c3cccc(C5(c6nocc6C)CC(C)C5)c3)C4=O)C2)C1. The predicted molar refractivity (Wildman–Crippen MR) is 167 cm³/mol. The summed E-state index contributed by atoms with van der Waals surface area (Å²) >= 11 is 0. The average molecular weight is 633 g/mol. The lowest BCUT2D eigenvalue weighted by Crippen LogP contribution is -2.42. The molecule has 2 saturated heterocycles. The summed E-state index contributed by atoms with van der Waals surface area (Å²) in [7, 11) is 0. The van der Waals surface area contributed by atoms with Crippen LogP contribution in [0, 0.1) is 18.3 Å². The molecule has 1 spiro atoms. The number of aryl methyl sites for hydroxylation is 1. The Balaban J connectivity index is 1.18. The number of amides is 2. The molecule has 1 saturated carbocycles. The lowest BCUT2D eigenvalue weighted by atomic mass is 9.57. The van der Waals surface area contributed by atoms with E-state index in [1.807, 2.05) is 32.0 Å². The van der Waals surface area contributed by atoms with Gasteiger partial charge in [-0.05, 0) is 99.0 Å². The van der Waals surface area contributed by atoms with Crippen LogP contribution in [0.5, 0.6) is 0 Å². The first-order chi connectivity index (χ1) is 21.8. The van der Waals surface area contributed by atoms with E-state index >= 15 is 0 Å². The van der Waals surface area contributed by atoms with Crippen LogP contribution in [0.25, 0.3) is 0 Å². The van der Waals surface area contributed by atoms with E-state index in [4.69, 9.17) is 4.52 Å². The molecular formula is C36H39F3N4O3. The Labute approximate surface area is 267 Å². The summed E-state index contributed by atoms with van der Waals surface area (Å²) in [6, 6.07) is 10.2. The van der Waals surface area contributed by atoms with Crippen LogP contribution in [-0.2, 0) is 22.9 Å². The smallest absolute Gasteiger partial charge is 0.364 e. The van der Waals surface area contributed by atoms with Gasteiger partial charge < -0.3 is 14.3 Å². The number of anilines is 1. The Hall–Kier alpha value is -3.92. The van der Waals surface area contributed by atoms with Gasteiger partial charge in [0.05, 0.1) is 17.8 Å². The quantitative estimate of drug-likeness (QED) is 0.273. The predicted octanol–water partition coefficient (Wildman–Crippen LogP) is 7.05. The normalized spacial score (nSPS) is 26.9. The lowest BCUT2D eigenvalue weighted by molar-refractivity contribution is -0.138. The molecule has 2 amide bonds. The highest BCUT2D eigenvalue weighted by Gasteiger charge is 2.49. The lowest BCUT2D eigenvalue weighted by Gasteiger charge is -2.46. The van der Waals surface area contributed by atoms with Crippen molar-refractivity contribution in [2.75, 3.05) is 31.1 Å². The Kier molecular flexibility index (Phi) is 7.23. The van der Waals surface area contributed by atoms with Gasteiger partial charge in [0.2, 0.25) is 5.91 Å². The van der Waals surface area contributed by atoms with Crippen LogP contribution in [0.15, 0.2) is 59.8 Å². The second-order valence-corrected chi connectivity index (χ2v) is 14.1. The van der Waals surface area contributed by atoms with E-state index in [2.05, 4.69) is 23.6 Å². The number of carbonyl (C=O) groups is 2. The molecule has 10 heteroatoms. The molecule has 7 rings (SSSR count). The zero-order valence-corrected chi connectivity index (χ0v) is 26.5. The topological polar surface area (TPSA) is 69.9 Å².